The number of aryl methyl sites for hydroxylation is 3. The zero-order valence-corrected chi connectivity index (χ0v) is 13.8. The lowest BCUT2D eigenvalue weighted by Crippen LogP contribution is -2.36. The first kappa shape index (κ1) is 15.1. The van der Waals surface area contributed by atoms with Crippen molar-refractivity contribution in [2.75, 3.05) is 7.05 Å². The van der Waals surface area contributed by atoms with Gasteiger partial charge in [-0.1, -0.05) is 16.8 Å². The summed E-state index contributed by atoms with van der Waals surface area (Å²) in [6.07, 6.45) is 4.23. The van der Waals surface area contributed by atoms with Crippen LogP contribution in [0.5, 0.6) is 0 Å². The van der Waals surface area contributed by atoms with E-state index in [4.69, 9.17) is 11.6 Å². The lowest BCUT2D eigenvalue weighted by molar-refractivity contribution is -0.135. The first-order valence-electron chi connectivity index (χ1n) is 7.39. The molecule has 118 valence electrons. The molecule has 0 bridgehead atoms. The number of nitrogens with zero attached hydrogens (tertiary/aromatic N) is 5. The van der Waals surface area contributed by atoms with Crippen molar-refractivity contribution in [1.29, 1.82) is 0 Å². The van der Waals surface area contributed by atoms with E-state index in [2.05, 4.69) is 10.3 Å². The van der Waals surface area contributed by atoms with Crippen molar-refractivity contribution in [2.45, 2.75) is 25.8 Å². The molecule has 1 aliphatic rings. The van der Waals surface area contributed by atoms with Crippen molar-refractivity contribution < 1.29 is 4.79 Å². The molecule has 3 rings (SSSR count). The summed E-state index contributed by atoms with van der Waals surface area (Å²) in [7, 11) is 5.67. The molecule has 2 heterocycles. The molecular formula is C15H20ClN5O. The van der Waals surface area contributed by atoms with Crippen LogP contribution < -0.4 is 0 Å². The highest BCUT2D eigenvalue weighted by Crippen LogP contribution is 2.25. The predicted molar refractivity (Wildman–Crippen MR) is 83.4 cm³/mol. The van der Waals surface area contributed by atoms with Gasteiger partial charge < -0.3 is 9.47 Å². The van der Waals surface area contributed by atoms with Crippen molar-refractivity contribution in [1.82, 2.24) is 24.5 Å². The molecule has 1 atom stereocenters. The van der Waals surface area contributed by atoms with Crippen LogP contribution >= 0.6 is 11.6 Å². The van der Waals surface area contributed by atoms with Crippen molar-refractivity contribution in [3.63, 3.8) is 0 Å². The molecule has 2 aromatic heterocycles. The Bertz CT molecular complexity index is 705. The van der Waals surface area contributed by atoms with E-state index in [1.165, 1.54) is 0 Å². The summed E-state index contributed by atoms with van der Waals surface area (Å²) in [4.78, 5) is 14.5. The fraction of sp³-hybridized carbons (Fsp3) is 0.533. The Morgan fingerprint density at radius 1 is 1.50 bits per heavy atom. The van der Waals surface area contributed by atoms with Crippen molar-refractivity contribution >= 4 is 17.5 Å². The number of hydrogen-bond donors (Lipinski definition) is 0. The summed E-state index contributed by atoms with van der Waals surface area (Å²) in [6.45, 7) is 0.565. The molecule has 1 unspecified atom stereocenters. The van der Waals surface area contributed by atoms with Crippen molar-refractivity contribution in [3.8, 4) is 0 Å². The van der Waals surface area contributed by atoms with E-state index in [1.54, 1.807) is 9.58 Å². The van der Waals surface area contributed by atoms with Crippen LogP contribution in [0.1, 0.15) is 23.5 Å². The van der Waals surface area contributed by atoms with E-state index >= 15 is 0 Å². The lowest BCUT2D eigenvalue weighted by atomic mass is 9.88. The molecular weight excluding hydrogens is 302 g/mol. The molecule has 1 amide bonds. The van der Waals surface area contributed by atoms with Gasteiger partial charge in [-0.05, 0) is 18.9 Å². The minimum absolute atomic E-state index is 0.00504. The van der Waals surface area contributed by atoms with Gasteiger partial charge in [0.05, 0.1) is 23.0 Å². The maximum atomic E-state index is 12.7. The second kappa shape index (κ2) is 5.76. The number of hydrogen-bond acceptors (Lipinski definition) is 3. The van der Waals surface area contributed by atoms with Gasteiger partial charge in [-0.2, -0.15) is 0 Å². The van der Waals surface area contributed by atoms with E-state index in [0.29, 0.717) is 11.6 Å². The summed E-state index contributed by atoms with van der Waals surface area (Å²) in [5.41, 5.74) is 3.14. The summed E-state index contributed by atoms with van der Waals surface area (Å²) < 4.78 is 3.74. The van der Waals surface area contributed by atoms with Crippen LogP contribution in [0, 0.1) is 5.92 Å². The van der Waals surface area contributed by atoms with Gasteiger partial charge in [-0.15, -0.1) is 5.10 Å². The minimum atomic E-state index is 0.00504. The van der Waals surface area contributed by atoms with Crippen LogP contribution in [0.3, 0.4) is 0 Å². The second-order valence-electron chi connectivity index (χ2n) is 6.00. The molecule has 0 aromatic carbocycles. The van der Waals surface area contributed by atoms with Gasteiger partial charge in [0.15, 0.2) is 0 Å². The average molecular weight is 322 g/mol. The Kier molecular flexibility index (Phi) is 3.95. The number of fused-ring (bicyclic) bond motifs is 1. The van der Waals surface area contributed by atoms with Gasteiger partial charge >= 0.3 is 0 Å². The van der Waals surface area contributed by atoms with E-state index in [0.717, 1.165) is 36.3 Å². The Morgan fingerprint density at radius 2 is 2.27 bits per heavy atom. The third-order valence-electron chi connectivity index (χ3n) is 4.39. The Labute approximate surface area is 134 Å². The number of carbonyl (C=O) groups excluding carboxylic acids is 1. The minimum Gasteiger partial charge on any atom is -0.351 e. The van der Waals surface area contributed by atoms with Gasteiger partial charge in [0.2, 0.25) is 5.91 Å². The zero-order valence-electron chi connectivity index (χ0n) is 13.1. The number of carbonyl (C=O) groups is 1. The van der Waals surface area contributed by atoms with Crippen LogP contribution in [0.4, 0.5) is 0 Å². The normalized spacial score (nSPS) is 17.4. The third-order valence-corrected chi connectivity index (χ3v) is 4.60. The third kappa shape index (κ3) is 2.75. The van der Waals surface area contributed by atoms with Crippen LogP contribution in [-0.2, 0) is 38.3 Å². The van der Waals surface area contributed by atoms with E-state index in [9.17, 15) is 4.79 Å². The molecule has 0 radical (unpaired) electrons. The Hall–Kier alpha value is -1.82. The first-order valence-corrected chi connectivity index (χ1v) is 7.76. The van der Waals surface area contributed by atoms with Crippen molar-refractivity contribution in [3.05, 3.63) is 34.4 Å². The molecule has 2 aromatic rings. The fourth-order valence-electron chi connectivity index (χ4n) is 3.08. The highest BCUT2D eigenvalue weighted by atomic mass is 35.5. The van der Waals surface area contributed by atoms with Crippen LogP contribution in [-0.4, -0.2) is 37.4 Å². The molecule has 22 heavy (non-hydrogen) atoms. The topological polar surface area (TPSA) is 56.0 Å². The molecule has 0 fully saturated rings. The first-order chi connectivity index (χ1) is 10.5. The van der Waals surface area contributed by atoms with Crippen molar-refractivity contribution in [2.24, 2.45) is 20.0 Å². The van der Waals surface area contributed by atoms with E-state index in [1.807, 2.05) is 38.0 Å². The molecule has 0 spiro atoms. The Balaban J connectivity index is 1.69. The maximum absolute atomic E-state index is 12.7. The molecule has 0 saturated carbocycles. The van der Waals surface area contributed by atoms with Gasteiger partial charge in [-0.25, -0.2) is 0 Å². The van der Waals surface area contributed by atoms with Gasteiger partial charge in [0.1, 0.15) is 0 Å². The number of aromatic nitrogens is 4. The molecule has 0 N–H and O–H groups in total. The smallest absolute Gasteiger partial charge is 0.226 e. The summed E-state index contributed by atoms with van der Waals surface area (Å²) in [5.74, 6) is 0.176. The molecule has 0 saturated heterocycles. The molecule has 7 heteroatoms. The number of halogens is 1. The largest absolute Gasteiger partial charge is 0.351 e. The summed E-state index contributed by atoms with van der Waals surface area (Å²) in [5, 5.41) is 8.89. The predicted octanol–water partition coefficient (Wildman–Crippen LogP) is 1.57. The molecule has 6 nitrogen and oxygen atoms in total. The van der Waals surface area contributed by atoms with Crippen LogP contribution in [0.25, 0.3) is 0 Å². The number of rotatable bonds is 3. The van der Waals surface area contributed by atoms with Gasteiger partial charge in [0.25, 0.3) is 0 Å². The standard InChI is InChI=1S/C15H20ClN5O/c1-19-8-11(16)7-12(19)9-20(2)15(22)10-4-5-13-14(6-10)21(3)18-17-13/h7-8,10H,4-6,9H2,1-3H3. The fourth-order valence-corrected chi connectivity index (χ4v) is 3.35. The SMILES string of the molecule is CN(Cc1cc(Cl)cn1C)C(=O)C1CCc2nnn(C)c2C1. The highest BCUT2D eigenvalue weighted by Gasteiger charge is 2.30. The van der Waals surface area contributed by atoms with Gasteiger partial charge in [0, 0.05) is 45.4 Å². The van der Waals surface area contributed by atoms with Crippen LogP contribution in [0.15, 0.2) is 12.3 Å². The maximum Gasteiger partial charge on any atom is 0.226 e. The lowest BCUT2D eigenvalue weighted by Gasteiger charge is -2.26. The Morgan fingerprint density at radius 3 is 2.95 bits per heavy atom. The highest BCUT2D eigenvalue weighted by molar-refractivity contribution is 6.30. The second-order valence-corrected chi connectivity index (χ2v) is 6.44. The average Bonchev–Trinajstić information content (AvgIpc) is 3.01. The monoisotopic (exact) mass is 321 g/mol. The van der Waals surface area contributed by atoms with E-state index < -0.39 is 0 Å². The summed E-state index contributed by atoms with van der Waals surface area (Å²) >= 11 is 6.00. The van der Waals surface area contributed by atoms with Gasteiger partial charge in [-0.3, -0.25) is 9.48 Å². The number of amides is 1. The van der Waals surface area contributed by atoms with E-state index in [-0.39, 0.29) is 11.8 Å². The summed E-state index contributed by atoms with van der Waals surface area (Å²) in [6, 6.07) is 1.90. The zero-order chi connectivity index (χ0) is 15.9. The molecule has 0 aliphatic heterocycles. The quantitative estimate of drug-likeness (QED) is 0.862. The molecule has 1 aliphatic carbocycles. The van der Waals surface area contributed by atoms with Crippen LogP contribution in [0.2, 0.25) is 5.02 Å².